The molecule has 1 aliphatic heterocycles. The van der Waals surface area contributed by atoms with E-state index in [0.29, 0.717) is 19.3 Å². The second-order valence-corrected chi connectivity index (χ2v) is 16.8. The molecule has 0 aromatic heterocycles. The molecule has 11 nitrogen and oxygen atoms in total. The molecule has 1 fully saturated rings. The molecule has 1 heterocycles. The fraction of sp³-hybridized carbons (Fsp3) is 0.935. The Labute approximate surface area is 347 Å². The van der Waals surface area contributed by atoms with Gasteiger partial charge in [-0.05, 0) is 38.5 Å². The minimum Gasteiger partial charge on any atom is -0.394 e. The molecule has 0 aliphatic carbocycles. The maximum absolute atomic E-state index is 13.1. The molecule has 0 aromatic carbocycles. The van der Waals surface area contributed by atoms with E-state index in [1.54, 1.807) is 0 Å². The van der Waals surface area contributed by atoms with Crippen LogP contribution in [0, 0.1) is 0 Å². The first-order chi connectivity index (χ1) is 27.7. The molecule has 0 radical (unpaired) electrons. The van der Waals surface area contributed by atoms with Crippen LogP contribution in [0.25, 0.3) is 0 Å². The number of ether oxygens (including phenoxy) is 2. The SMILES string of the molecule is CCCCCCCCCCC/C=C/CCCCCCC[C@@H](O)[C@@H](O)[C@H](CO[C@@H]1O[C@H](CO)[C@@H](O)[C@H](O)[C@H]1O)NC(=O)[C@@H](O)CCCCCCCCCCCCCC. The molecule has 8 N–H and O–H groups in total. The lowest BCUT2D eigenvalue weighted by molar-refractivity contribution is -0.303. The summed E-state index contributed by atoms with van der Waals surface area (Å²) in [7, 11) is 0. The third kappa shape index (κ3) is 26.6. The molecule has 1 saturated heterocycles. The summed E-state index contributed by atoms with van der Waals surface area (Å²) in [4.78, 5) is 13.1. The van der Waals surface area contributed by atoms with Gasteiger partial charge in [0.15, 0.2) is 6.29 Å². The fourth-order valence-electron chi connectivity index (χ4n) is 7.61. The summed E-state index contributed by atoms with van der Waals surface area (Å²) in [5, 5.41) is 75.6. The van der Waals surface area contributed by atoms with Crippen LogP contribution in [-0.4, -0.2) is 110 Å². The zero-order valence-electron chi connectivity index (χ0n) is 36.3. The topological polar surface area (TPSA) is 189 Å². The van der Waals surface area contributed by atoms with E-state index in [4.69, 9.17) is 9.47 Å². The number of carbonyl (C=O) groups excluding carboxylic acids is 1. The highest BCUT2D eigenvalue weighted by Gasteiger charge is 2.44. The Morgan fingerprint density at radius 3 is 1.47 bits per heavy atom. The Morgan fingerprint density at radius 1 is 0.596 bits per heavy atom. The zero-order valence-corrected chi connectivity index (χ0v) is 36.3. The van der Waals surface area contributed by atoms with Gasteiger partial charge in [0.05, 0.1) is 25.4 Å². The molecule has 11 heteroatoms. The third-order valence-corrected chi connectivity index (χ3v) is 11.6. The fourth-order valence-corrected chi connectivity index (χ4v) is 7.61. The van der Waals surface area contributed by atoms with Crippen LogP contribution < -0.4 is 5.32 Å². The van der Waals surface area contributed by atoms with Gasteiger partial charge >= 0.3 is 0 Å². The Morgan fingerprint density at radius 2 is 1.02 bits per heavy atom. The van der Waals surface area contributed by atoms with Crippen molar-refractivity contribution in [1.82, 2.24) is 5.32 Å². The maximum atomic E-state index is 13.1. The van der Waals surface area contributed by atoms with Gasteiger partial charge in [0.2, 0.25) is 5.91 Å². The normalized spacial score (nSPS) is 22.2. The van der Waals surface area contributed by atoms with Crippen molar-refractivity contribution in [2.45, 2.75) is 262 Å². The van der Waals surface area contributed by atoms with Crippen molar-refractivity contribution in [3.63, 3.8) is 0 Å². The van der Waals surface area contributed by atoms with E-state index < -0.39 is 74.2 Å². The average Bonchev–Trinajstić information content (AvgIpc) is 3.21. The van der Waals surface area contributed by atoms with E-state index in [-0.39, 0.29) is 6.42 Å². The smallest absolute Gasteiger partial charge is 0.249 e. The minimum absolute atomic E-state index is 0.261. The van der Waals surface area contributed by atoms with Gasteiger partial charge in [-0.2, -0.15) is 0 Å². The van der Waals surface area contributed by atoms with E-state index in [2.05, 4.69) is 31.3 Å². The summed E-state index contributed by atoms with van der Waals surface area (Å²) in [5.41, 5.74) is 0. The van der Waals surface area contributed by atoms with Crippen LogP contribution in [0.3, 0.4) is 0 Å². The second-order valence-electron chi connectivity index (χ2n) is 16.8. The van der Waals surface area contributed by atoms with Gasteiger partial charge in [-0.25, -0.2) is 0 Å². The molecule has 0 aromatic rings. The molecular weight excluding hydrogens is 727 g/mol. The van der Waals surface area contributed by atoms with E-state index in [1.807, 2.05) is 0 Å². The quantitative estimate of drug-likeness (QED) is 0.0226. The van der Waals surface area contributed by atoms with Crippen molar-refractivity contribution in [3.8, 4) is 0 Å². The van der Waals surface area contributed by atoms with Crippen molar-refractivity contribution in [2.24, 2.45) is 0 Å². The van der Waals surface area contributed by atoms with E-state index in [0.717, 1.165) is 57.8 Å². The van der Waals surface area contributed by atoms with Gasteiger partial charge in [-0.3, -0.25) is 4.79 Å². The van der Waals surface area contributed by atoms with Gasteiger partial charge in [0.25, 0.3) is 0 Å². The lowest BCUT2D eigenvalue weighted by Crippen LogP contribution is -2.60. The lowest BCUT2D eigenvalue weighted by atomic mass is 9.98. The first-order valence-corrected chi connectivity index (χ1v) is 23.6. The monoisotopic (exact) mass is 816 g/mol. The van der Waals surface area contributed by atoms with Crippen LogP contribution in [0.4, 0.5) is 0 Å². The number of hydrogen-bond donors (Lipinski definition) is 8. The van der Waals surface area contributed by atoms with Crippen molar-refractivity contribution < 1.29 is 50.0 Å². The minimum atomic E-state index is -1.66. The summed E-state index contributed by atoms with van der Waals surface area (Å²) in [6, 6.07) is -1.17. The van der Waals surface area contributed by atoms with Crippen molar-refractivity contribution in [3.05, 3.63) is 12.2 Å². The average molecular weight is 816 g/mol. The molecule has 9 atom stereocenters. The Hall–Kier alpha value is -1.15. The molecule has 57 heavy (non-hydrogen) atoms. The highest BCUT2D eigenvalue weighted by Crippen LogP contribution is 2.23. The Bertz CT molecular complexity index is 939. The summed E-state index contributed by atoms with van der Waals surface area (Å²) in [5.74, 6) is -0.700. The summed E-state index contributed by atoms with van der Waals surface area (Å²) in [6.07, 6.45) is 26.8. The zero-order chi connectivity index (χ0) is 41.9. The van der Waals surface area contributed by atoms with Gasteiger partial charge < -0.3 is 50.5 Å². The number of aliphatic hydroxyl groups excluding tert-OH is 7. The van der Waals surface area contributed by atoms with Gasteiger partial charge in [0.1, 0.15) is 36.6 Å². The summed E-state index contributed by atoms with van der Waals surface area (Å²) >= 11 is 0. The number of amides is 1. The second kappa shape index (κ2) is 36.7. The van der Waals surface area contributed by atoms with Gasteiger partial charge in [0, 0.05) is 0 Å². The molecule has 1 aliphatic rings. The number of carbonyl (C=O) groups is 1. The first kappa shape index (κ1) is 53.9. The highest BCUT2D eigenvalue weighted by atomic mass is 16.7. The molecule has 338 valence electrons. The van der Waals surface area contributed by atoms with Crippen LogP contribution in [0.15, 0.2) is 12.2 Å². The standard InChI is InChI=1S/C46H89NO10/c1-3-5-7-9-11-13-15-17-18-19-20-21-22-24-25-27-29-31-33-38(49)41(51)37(36-56-46-44(54)43(53)42(52)40(35-48)57-46)47-45(55)39(50)34-32-30-28-26-23-16-14-12-10-8-6-4-2/h20-21,37-44,46,48-54H,3-19,22-36H2,1-2H3,(H,47,55)/b21-20+/t37-,38+,39-,40+,41-,42+,43-,44+,46+/m0/s1. The van der Waals surface area contributed by atoms with Crippen molar-refractivity contribution in [1.29, 1.82) is 0 Å². The lowest BCUT2D eigenvalue weighted by Gasteiger charge is -2.40. The molecular formula is C46H89NO10. The number of hydrogen-bond acceptors (Lipinski definition) is 10. The maximum Gasteiger partial charge on any atom is 0.249 e. The van der Waals surface area contributed by atoms with E-state index in [9.17, 15) is 40.5 Å². The van der Waals surface area contributed by atoms with Crippen molar-refractivity contribution in [2.75, 3.05) is 13.2 Å². The number of rotatable bonds is 39. The molecule has 0 saturated carbocycles. The van der Waals surface area contributed by atoms with Gasteiger partial charge in [-0.15, -0.1) is 0 Å². The van der Waals surface area contributed by atoms with E-state index in [1.165, 1.54) is 109 Å². The number of aliphatic hydroxyl groups is 7. The molecule has 1 rings (SSSR count). The van der Waals surface area contributed by atoms with Crippen LogP contribution >= 0.6 is 0 Å². The predicted molar refractivity (Wildman–Crippen MR) is 229 cm³/mol. The molecule has 0 unspecified atom stereocenters. The van der Waals surface area contributed by atoms with E-state index >= 15 is 0 Å². The highest BCUT2D eigenvalue weighted by molar-refractivity contribution is 5.80. The van der Waals surface area contributed by atoms with Crippen LogP contribution in [0.1, 0.15) is 206 Å². The van der Waals surface area contributed by atoms with Crippen molar-refractivity contribution >= 4 is 5.91 Å². The van der Waals surface area contributed by atoms with Crippen LogP contribution in [-0.2, 0) is 14.3 Å². The van der Waals surface area contributed by atoms with Crippen LogP contribution in [0.5, 0.6) is 0 Å². The van der Waals surface area contributed by atoms with Crippen LogP contribution in [0.2, 0.25) is 0 Å². The summed E-state index contributed by atoms with van der Waals surface area (Å²) < 4.78 is 11.1. The predicted octanol–water partition coefficient (Wildman–Crippen LogP) is 7.67. The molecule has 0 bridgehead atoms. The number of nitrogens with one attached hydrogen (secondary N) is 1. The third-order valence-electron chi connectivity index (χ3n) is 11.6. The number of unbranched alkanes of at least 4 members (excludes halogenated alkanes) is 25. The number of allylic oxidation sites excluding steroid dienone is 2. The summed E-state index contributed by atoms with van der Waals surface area (Å²) in [6.45, 7) is 3.43. The Balaban J connectivity index is 2.45. The molecule has 1 amide bonds. The van der Waals surface area contributed by atoms with Gasteiger partial charge in [-0.1, -0.05) is 180 Å². The molecule has 0 spiro atoms. The largest absolute Gasteiger partial charge is 0.394 e. The Kier molecular flexibility index (Phi) is 34.7. The first-order valence-electron chi connectivity index (χ1n) is 23.6.